The Balaban J connectivity index is 0.00000240. The summed E-state index contributed by atoms with van der Waals surface area (Å²) in [6, 6.07) is 23.2. The van der Waals surface area contributed by atoms with Crippen molar-refractivity contribution in [3.63, 3.8) is 0 Å². The number of nitrogens with one attached hydrogen (secondary N) is 1. The first-order valence-corrected chi connectivity index (χ1v) is 9.43. The number of anilines is 1. The van der Waals surface area contributed by atoms with Gasteiger partial charge in [0.15, 0.2) is 0 Å². The fourth-order valence-corrected chi connectivity index (χ4v) is 3.43. The van der Waals surface area contributed by atoms with E-state index in [-0.39, 0.29) is 12.4 Å². The van der Waals surface area contributed by atoms with Gasteiger partial charge in [-0.05, 0) is 53.6 Å². The predicted molar refractivity (Wildman–Crippen MR) is 119 cm³/mol. The highest BCUT2D eigenvalue weighted by Crippen LogP contribution is 2.31. The van der Waals surface area contributed by atoms with E-state index in [1.165, 1.54) is 0 Å². The molecule has 0 saturated carbocycles. The van der Waals surface area contributed by atoms with Gasteiger partial charge in [0.25, 0.3) is 0 Å². The summed E-state index contributed by atoms with van der Waals surface area (Å²) in [5, 5.41) is 3.36. The van der Waals surface area contributed by atoms with Crippen molar-refractivity contribution >= 4 is 24.0 Å². The van der Waals surface area contributed by atoms with Gasteiger partial charge >= 0.3 is 0 Å². The standard InChI is InChI=1S/C23H23N3O2.ClH/c24-23(27)21-11-8-18(26-14-12-25-13-15-26)16-22(21)17-6-9-20(10-7-17)28-19-4-2-1-3-5-19;/h1-11,16,25H,12-15H2,(H2,24,27);1H. The molecule has 0 aliphatic carbocycles. The van der Waals surface area contributed by atoms with Crippen LogP contribution in [0.2, 0.25) is 0 Å². The number of nitrogens with two attached hydrogens (primary N) is 1. The van der Waals surface area contributed by atoms with Crippen LogP contribution in [0.4, 0.5) is 5.69 Å². The summed E-state index contributed by atoms with van der Waals surface area (Å²) in [4.78, 5) is 14.3. The van der Waals surface area contributed by atoms with E-state index in [0.717, 1.165) is 54.5 Å². The average molecular weight is 410 g/mol. The van der Waals surface area contributed by atoms with E-state index in [4.69, 9.17) is 10.5 Å². The van der Waals surface area contributed by atoms with Gasteiger partial charge in [0.2, 0.25) is 5.91 Å². The third kappa shape index (κ3) is 4.88. The molecule has 0 bridgehead atoms. The lowest BCUT2D eigenvalue weighted by Crippen LogP contribution is -2.43. The summed E-state index contributed by atoms with van der Waals surface area (Å²) in [5.41, 5.74) is 9.03. The van der Waals surface area contributed by atoms with Crippen molar-refractivity contribution in [3.8, 4) is 22.6 Å². The van der Waals surface area contributed by atoms with Gasteiger partial charge in [0.1, 0.15) is 11.5 Å². The molecule has 29 heavy (non-hydrogen) atoms. The Hall–Kier alpha value is -3.02. The number of rotatable bonds is 5. The monoisotopic (exact) mass is 409 g/mol. The minimum Gasteiger partial charge on any atom is -0.457 e. The maximum Gasteiger partial charge on any atom is 0.249 e. The zero-order chi connectivity index (χ0) is 19.3. The second-order valence-corrected chi connectivity index (χ2v) is 6.77. The van der Waals surface area contributed by atoms with Crippen LogP contribution in [0.25, 0.3) is 11.1 Å². The normalized spacial score (nSPS) is 13.4. The van der Waals surface area contributed by atoms with Gasteiger partial charge in [-0.25, -0.2) is 0 Å². The van der Waals surface area contributed by atoms with Crippen molar-refractivity contribution in [2.45, 2.75) is 0 Å². The molecule has 0 spiro atoms. The number of amides is 1. The van der Waals surface area contributed by atoms with Gasteiger partial charge in [0.05, 0.1) is 0 Å². The number of carbonyl (C=O) groups excluding carboxylic acids is 1. The maximum absolute atomic E-state index is 12.0. The quantitative estimate of drug-likeness (QED) is 0.666. The predicted octanol–water partition coefficient (Wildman–Crippen LogP) is 4.08. The molecule has 6 heteroatoms. The van der Waals surface area contributed by atoms with Gasteiger partial charge in [-0.2, -0.15) is 0 Å². The second-order valence-electron chi connectivity index (χ2n) is 6.77. The third-order valence-electron chi connectivity index (χ3n) is 4.89. The molecule has 4 rings (SSSR count). The lowest BCUT2D eigenvalue weighted by atomic mass is 9.98. The number of para-hydroxylation sites is 1. The number of benzene rings is 3. The Bertz CT molecular complexity index is 956. The molecule has 150 valence electrons. The van der Waals surface area contributed by atoms with Crippen molar-refractivity contribution in [3.05, 3.63) is 78.4 Å². The van der Waals surface area contributed by atoms with Crippen LogP contribution in [0.15, 0.2) is 72.8 Å². The van der Waals surface area contributed by atoms with Crippen LogP contribution >= 0.6 is 12.4 Å². The largest absolute Gasteiger partial charge is 0.457 e. The number of nitrogens with zero attached hydrogens (tertiary/aromatic N) is 1. The van der Waals surface area contributed by atoms with Crippen molar-refractivity contribution in [1.82, 2.24) is 5.32 Å². The molecule has 5 nitrogen and oxygen atoms in total. The Labute approximate surface area is 176 Å². The van der Waals surface area contributed by atoms with Crippen LogP contribution in [0.1, 0.15) is 10.4 Å². The van der Waals surface area contributed by atoms with Crippen LogP contribution in [-0.2, 0) is 0 Å². The van der Waals surface area contributed by atoms with E-state index in [1.54, 1.807) is 0 Å². The zero-order valence-electron chi connectivity index (χ0n) is 16.0. The van der Waals surface area contributed by atoms with Crippen molar-refractivity contribution in [2.75, 3.05) is 31.1 Å². The van der Waals surface area contributed by atoms with E-state index < -0.39 is 5.91 Å². The Morgan fingerprint density at radius 2 is 1.55 bits per heavy atom. The number of carbonyl (C=O) groups is 1. The van der Waals surface area contributed by atoms with Gasteiger partial charge in [-0.15, -0.1) is 12.4 Å². The summed E-state index contributed by atoms with van der Waals surface area (Å²) in [5.74, 6) is 1.11. The third-order valence-corrected chi connectivity index (χ3v) is 4.89. The molecule has 3 N–H and O–H groups in total. The van der Waals surface area contributed by atoms with Crippen molar-refractivity contribution in [2.24, 2.45) is 5.73 Å². The summed E-state index contributed by atoms with van der Waals surface area (Å²) in [6.07, 6.45) is 0. The van der Waals surface area contributed by atoms with E-state index >= 15 is 0 Å². The van der Waals surface area contributed by atoms with Crippen molar-refractivity contribution in [1.29, 1.82) is 0 Å². The number of hydrogen-bond donors (Lipinski definition) is 2. The zero-order valence-corrected chi connectivity index (χ0v) is 16.8. The van der Waals surface area contributed by atoms with E-state index in [2.05, 4.69) is 16.3 Å². The number of hydrogen-bond acceptors (Lipinski definition) is 4. The van der Waals surface area contributed by atoms with Gasteiger partial charge in [0, 0.05) is 37.4 Å². The molecule has 1 aliphatic rings. The van der Waals surface area contributed by atoms with Crippen LogP contribution < -0.4 is 20.7 Å². The van der Waals surface area contributed by atoms with Gasteiger partial charge < -0.3 is 20.7 Å². The minimum absolute atomic E-state index is 0. The molecule has 3 aromatic rings. The highest BCUT2D eigenvalue weighted by atomic mass is 35.5. The molecule has 1 amide bonds. The first kappa shape index (κ1) is 20.7. The number of ether oxygens (including phenoxy) is 1. The highest BCUT2D eigenvalue weighted by molar-refractivity contribution is 6.00. The van der Waals surface area contributed by atoms with Gasteiger partial charge in [-0.1, -0.05) is 30.3 Å². The maximum atomic E-state index is 12.0. The van der Waals surface area contributed by atoms with Crippen LogP contribution in [-0.4, -0.2) is 32.1 Å². The number of halogens is 1. The minimum atomic E-state index is -0.425. The molecule has 0 atom stereocenters. The van der Waals surface area contributed by atoms with Crippen LogP contribution in [0.3, 0.4) is 0 Å². The topological polar surface area (TPSA) is 67.6 Å². The fourth-order valence-electron chi connectivity index (χ4n) is 3.43. The molecular formula is C23H24ClN3O2. The number of piperazine rings is 1. The van der Waals surface area contributed by atoms with Crippen LogP contribution in [0, 0.1) is 0 Å². The Kier molecular flexibility index (Phi) is 6.75. The second kappa shape index (κ2) is 9.45. The molecule has 1 aliphatic heterocycles. The molecule has 0 aromatic heterocycles. The summed E-state index contributed by atoms with van der Waals surface area (Å²) in [7, 11) is 0. The van der Waals surface area contributed by atoms with E-state index in [0.29, 0.717) is 5.56 Å². The molecule has 1 heterocycles. The number of primary amides is 1. The summed E-state index contributed by atoms with van der Waals surface area (Å²) in [6.45, 7) is 3.80. The highest BCUT2D eigenvalue weighted by Gasteiger charge is 2.16. The fraction of sp³-hybridized carbons (Fsp3) is 0.174. The molecule has 0 radical (unpaired) electrons. The average Bonchev–Trinajstić information content (AvgIpc) is 2.75. The first-order chi connectivity index (χ1) is 13.7. The molecule has 0 unspecified atom stereocenters. The lowest BCUT2D eigenvalue weighted by molar-refractivity contribution is 0.100. The van der Waals surface area contributed by atoms with E-state index in [1.807, 2.05) is 66.7 Å². The first-order valence-electron chi connectivity index (χ1n) is 9.43. The molecule has 1 saturated heterocycles. The van der Waals surface area contributed by atoms with Gasteiger partial charge in [-0.3, -0.25) is 4.79 Å². The van der Waals surface area contributed by atoms with Crippen molar-refractivity contribution < 1.29 is 9.53 Å². The van der Waals surface area contributed by atoms with Crippen LogP contribution in [0.5, 0.6) is 11.5 Å². The molecule has 3 aromatic carbocycles. The van der Waals surface area contributed by atoms with E-state index in [9.17, 15) is 4.79 Å². The molecule has 1 fully saturated rings. The summed E-state index contributed by atoms with van der Waals surface area (Å²) < 4.78 is 5.86. The Morgan fingerprint density at radius 3 is 2.21 bits per heavy atom. The lowest BCUT2D eigenvalue weighted by Gasteiger charge is -2.30. The SMILES string of the molecule is Cl.NC(=O)c1ccc(N2CCNCC2)cc1-c1ccc(Oc2ccccc2)cc1. The summed E-state index contributed by atoms with van der Waals surface area (Å²) >= 11 is 0. The Morgan fingerprint density at radius 1 is 0.897 bits per heavy atom. The smallest absolute Gasteiger partial charge is 0.249 e. The molecular weight excluding hydrogens is 386 g/mol.